The molecule has 3 aromatic rings. The van der Waals surface area contributed by atoms with E-state index >= 15 is 0 Å². The number of carbonyl (C=O) groups excluding carboxylic acids is 2. The molecule has 0 aliphatic carbocycles. The maximum atomic E-state index is 13.5. The van der Waals surface area contributed by atoms with Gasteiger partial charge in [-0.15, -0.1) is 11.3 Å². The number of thiophene rings is 1. The zero-order valence-electron chi connectivity index (χ0n) is 18.4. The van der Waals surface area contributed by atoms with E-state index in [-0.39, 0.29) is 12.5 Å². The Kier molecular flexibility index (Phi) is 8.39. The molecule has 0 atom stereocenters. The molecule has 0 aliphatic rings. The van der Waals surface area contributed by atoms with Crippen molar-refractivity contribution in [3.8, 4) is 0 Å². The average Bonchev–Trinajstić information content (AvgIpc) is 3.18. The molecule has 168 valence electrons. The second-order valence-corrected chi connectivity index (χ2v) is 8.98. The Balaban J connectivity index is 1.73. The van der Waals surface area contributed by atoms with Gasteiger partial charge in [0.05, 0.1) is 6.54 Å². The summed E-state index contributed by atoms with van der Waals surface area (Å²) in [5.41, 5.74) is 1.39. The lowest BCUT2D eigenvalue weighted by molar-refractivity contribution is -0.133. The van der Waals surface area contributed by atoms with Gasteiger partial charge in [-0.1, -0.05) is 43.3 Å². The molecule has 0 fully saturated rings. The number of anilines is 1. The summed E-state index contributed by atoms with van der Waals surface area (Å²) in [4.78, 5) is 31.7. The minimum absolute atomic E-state index is 0.0494. The molecule has 2 aromatic carbocycles. The van der Waals surface area contributed by atoms with Gasteiger partial charge < -0.3 is 15.1 Å². The highest BCUT2D eigenvalue weighted by atomic mass is 32.1. The Labute approximate surface area is 192 Å². The summed E-state index contributed by atoms with van der Waals surface area (Å²) in [7, 11) is 0. The predicted octanol–water partition coefficient (Wildman–Crippen LogP) is 5.67. The van der Waals surface area contributed by atoms with Crippen molar-refractivity contribution in [2.75, 3.05) is 18.4 Å². The van der Waals surface area contributed by atoms with Crippen LogP contribution in [-0.2, 0) is 17.9 Å². The summed E-state index contributed by atoms with van der Waals surface area (Å²) in [6.45, 7) is 5.30. The van der Waals surface area contributed by atoms with E-state index in [0.29, 0.717) is 31.7 Å². The third-order valence-corrected chi connectivity index (χ3v) is 5.88. The SMILES string of the molecule is CCCN(CC(=O)N(Cc1ccccc1)Cc1ccc(C)s1)C(=O)Nc1cccc(F)c1. The Morgan fingerprint density at radius 1 is 0.969 bits per heavy atom. The number of nitrogens with one attached hydrogen (secondary N) is 1. The first kappa shape index (κ1) is 23.5. The lowest BCUT2D eigenvalue weighted by atomic mass is 10.2. The zero-order valence-corrected chi connectivity index (χ0v) is 19.2. The quantitative estimate of drug-likeness (QED) is 0.454. The summed E-state index contributed by atoms with van der Waals surface area (Å²) in [5, 5.41) is 2.69. The molecule has 0 saturated carbocycles. The van der Waals surface area contributed by atoms with E-state index in [0.717, 1.165) is 10.4 Å². The predicted molar refractivity (Wildman–Crippen MR) is 127 cm³/mol. The number of nitrogens with zero attached hydrogens (tertiary/aromatic N) is 2. The minimum atomic E-state index is -0.429. The van der Waals surface area contributed by atoms with Gasteiger partial charge in [-0.05, 0) is 49.2 Å². The number of hydrogen-bond donors (Lipinski definition) is 1. The second kappa shape index (κ2) is 11.4. The van der Waals surface area contributed by atoms with E-state index in [1.165, 1.54) is 28.0 Å². The van der Waals surface area contributed by atoms with E-state index in [2.05, 4.69) is 5.32 Å². The van der Waals surface area contributed by atoms with Crippen molar-refractivity contribution in [1.82, 2.24) is 9.80 Å². The largest absolute Gasteiger partial charge is 0.332 e. The molecule has 3 rings (SSSR count). The van der Waals surface area contributed by atoms with Gasteiger partial charge in [0.15, 0.2) is 0 Å². The molecule has 1 aromatic heterocycles. The van der Waals surface area contributed by atoms with Crippen LogP contribution in [0.25, 0.3) is 0 Å². The number of hydrogen-bond acceptors (Lipinski definition) is 3. The molecule has 0 unspecified atom stereocenters. The Morgan fingerprint density at radius 2 is 1.75 bits per heavy atom. The fourth-order valence-electron chi connectivity index (χ4n) is 3.35. The maximum absolute atomic E-state index is 13.5. The van der Waals surface area contributed by atoms with Crippen LogP contribution in [0.1, 0.15) is 28.7 Å². The van der Waals surface area contributed by atoms with Crippen LogP contribution < -0.4 is 5.32 Å². The smallest absolute Gasteiger partial charge is 0.322 e. The molecule has 0 aliphatic heterocycles. The van der Waals surface area contributed by atoms with Gasteiger partial charge >= 0.3 is 6.03 Å². The van der Waals surface area contributed by atoms with Crippen LogP contribution in [0.4, 0.5) is 14.9 Å². The Hall–Kier alpha value is -3.19. The van der Waals surface area contributed by atoms with Crippen LogP contribution >= 0.6 is 11.3 Å². The number of benzene rings is 2. The van der Waals surface area contributed by atoms with Gasteiger partial charge in [0.25, 0.3) is 0 Å². The van der Waals surface area contributed by atoms with Crippen LogP contribution in [0, 0.1) is 12.7 Å². The maximum Gasteiger partial charge on any atom is 0.322 e. The molecule has 1 N–H and O–H groups in total. The van der Waals surface area contributed by atoms with Crippen molar-refractivity contribution in [2.24, 2.45) is 0 Å². The van der Waals surface area contributed by atoms with Crippen LogP contribution in [0.2, 0.25) is 0 Å². The fourth-order valence-corrected chi connectivity index (χ4v) is 4.25. The Bertz CT molecular complexity index is 1040. The van der Waals surface area contributed by atoms with Crippen molar-refractivity contribution in [1.29, 1.82) is 0 Å². The number of carbonyl (C=O) groups is 2. The first-order valence-electron chi connectivity index (χ1n) is 10.6. The highest BCUT2D eigenvalue weighted by molar-refractivity contribution is 7.11. The second-order valence-electron chi connectivity index (χ2n) is 7.61. The number of urea groups is 1. The number of halogens is 1. The Morgan fingerprint density at radius 3 is 2.41 bits per heavy atom. The topological polar surface area (TPSA) is 52.7 Å². The van der Waals surface area contributed by atoms with E-state index < -0.39 is 11.8 Å². The van der Waals surface area contributed by atoms with Crippen molar-refractivity contribution in [3.63, 3.8) is 0 Å². The van der Waals surface area contributed by atoms with Gasteiger partial charge in [0.1, 0.15) is 12.4 Å². The van der Waals surface area contributed by atoms with Gasteiger partial charge in [0.2, 0.25) is 5.91 Å². The van der Waals surface area contributed by atoms with Gasteiger partial charge in [0, 0.05) is 28.5 Å². The molecule has 7 heteroatoms. The van der Waals surface area contributed by atoms with Crippen LogP contribution in [0.15, 0.2) is 66.7 Å². The molecule has 1 heterocycles. The first-order chi connectivity index (χ1) is 15.4. The van der Waals surface area contributed by atoms with Crippen LogP contribution in [0.3, 0.4) is 0 Å². The highest BCUT2D eigenvalue weighted by Gasteiger charge is 2.22. The van der Waals surface area contributed by atoms with Crippen molar-refractivity contribution < 1.29 is 14.0 Å². The lowest BCUT2D eigenvalue weighted by Crippen LogP contribution is -2.44. The molecule has 0 saturated heterocycles. The lowest BCUT2D eigenvalue weighted by Gasteiger charge is -2.27. The standard InChI is InChI=1S/C25H28FN3O2S/c1-3-14-28(25(31)27-22-11-7-10-21(26)15-22)18-24(30)29(16-20-8-5-4-6-9-20)17-23-13-12-19(2)32-23/h4-13,15H,3,14,16-18H2,1-2H3,(H,27,31). The first-order valence-corrected chi connectivity index (χ1v) is 11.4. The monoisotopic (exact) mass is 453 g/mol. The third-order valence-electron chi connectivity index (χ3n) is 4.89. The van der Waals surface area contributed by atoms with Crippen molar-refractivity contribution >= 4 is 29.0 Å². The van der Waals surface area contributed by atoms with Crippen molar-refractivity contribution in [2.45, 2.75) is 33.4 Å². The van der Waals surface area contributed by atoms with Gasteiger partial charge in [-0.2, -0.15) is 0 Å². The molecule has 0 spiro atoms. The summed E-state index contributed by atoms with van der Waals surface area (Å²) < 4.78 is 13.5. The van der Waals surface area contributed by atoms with Crippen LogP contribution in [-0.4, -0.2) is 34.8 Å². The number of amides is 3. The molecule has 3 amide bonds. The number of aryl methyl sites for hydroxylation is 1. The highest BCUT2D eigenvalue weighted by Crippen LogP contribution is 2.19. The van der Waals surface area contributed by atoms with E-state index in [1.54, 1.807) is 22.3 Å². The molecular formula is C25H28FN3O2S. The average molecular weight is 454 g/mol. The summed E-state index contributed by atoms with van der Waals surface area (Å²) in [6, 6.07) is 19.2. The molecule has 5 nitrogen and oxygen atoms in total. The van der Waals surface area contributed by atoms with Gasteiger partial charge in [-0.25, -0.2) is 9.18 Å². The zero-order chi connectivity index (χ0) is 22.9. The molecule has 0 bridgehead atoms. The fraction of sp³-hybridized carbons (Fsp3) is 0.280. The summed E-state index contributed by atoms with van der Waals surface area (Å²) in [5.74, 6) is -0.566. The van der Waals surface area contributed by atoms with Gasteiger partial charge in [-0.3, -0.25) is 4.79 Å². The molecule has 0 radical (unpaired) electrons. The van der Waals surface area contributed by atoms with E-state index in [4.69, 9.17) is 0 Å². The van der Waals surface area contributed by atoms with Crippen molar-refractivity contribution in [3.05, 3.63) is 87.9 Å². The number of rotatable bonds is 9. The molecular weight excluding hydrogens is 425 g/mol. The molecule has 32 heavy (non-hydrogen) atoms. The minimum Gasteiger partial charge on any atom is -0.332 e. The summed E-state index contributed by atoms with van der Waals surface area (Å²) >= 11 is 1.66. The normalized spacial score (nSPS) is 10.6. The summed E-state index contributed by atoms with van der Waals surface area (Å²) in [6.07, 6.45) is 0.701. The third kappa shape index (κ3) is 6.92. The van der Waals surface area contributed by atoms with E-state index in [9.17, 15) is 14.0 Å². The van der Waals surface area contributed by atoms with Crippen LogP contribution in [0.5, 0.6) is 0 Å². The van der Waals surface area contributed by atoms with E-state index in [1.807, 2.05) is 56.3 Å².